The van der Waals surface area contributed by atoms with E-state index in [9.17, 15) is 4.21 Å². The van der Waals surface area contributed by atoms with E-state index >= 15 is 0 Å². The molecule has 0 bridgehead atoms. The van der Waals surface area contributed by atoms with E-state index in [0.29, 0.717) is 0 Å². The maximum Gasteiger partial charge on any atom is 0.106 e. The normalized spacial score (nSPS) is 23.9. The van der Waals surface area contributed by atoms with Gasteiger partial charge in [-0.3, -0.25) is 4.21 Å². The van der Waals surface area contributed by atoms with E-state index in [1.807, 2.05) is 18.2 Å². The lowest BCUT2D eigenvalue weighted by Gasteiger charge is -2.24. The van der Waals surface area contributed by atoms with Gasteiger partial charge in [-0.05, 0) is 18.4 Å². The SMILES string of the molecule is CO/N=C1\c2ccccc2CCC1S(C)=O. The van der Waals surface area contributed by atoms with Crippen LogP contribution in [0.5, 0.6) is 0 Å². The number of fused-ring (bicyclic) bond motifs is 1. The Labute approximate surface area is 98.0 Å². The Morgan fingerprint density at radius 3 is 2.88 bits per heavy atom. The molecule has 2 unspecified atom stereocenters. The Kier molecular flexibility index (Phi) is 3.39. The summed E-state index contributed by atoms with van der Waals surface area (Å²) in [5.74, 6) is 0. The van der Waals surface area contributed by atoms with Crippen molar-refractivity contribution in [2.45, 2.75) is 18.1 Å². The summed E-state index contributed by atoms with van der Waals surface area (Å²) in [5.41, 5.74) is 3.17. The molecule has 1 aliphatic carbocycles. The number of aryl methyl sites for hydroxylation is 1. The Morgan fingerprint density at radius 2 is 2.19 bits per heavy atom. The first-order chi connectivity index (χ1) is 7.74. The molecule has 0 aromatic heterocycles. The van der Waals surface area contributed by atoms with Gasteiger partial charge in [0.05, 0.1) is 5.25 Å². The fourth-order valence-electron chi connectivity index (χ4n) is 2.11. The molecule has 0 aliphatic heterocycles. The quantitative estimate of drug-likeness (QED) is 0.735. The molecule has 2 atom stereocenters. The topological polar surface area (TPSA) is 38.7 Å². The van der Waals surface area contributed by atoms with Crippen LogP contribution < -0.4 is 0 Å². The maximum atomic E-state index is 11.7. The standard InChI is InChI=1S/C12H15NO2S/c1-15-13-12-10-6-4-3-5-9(10)7-8-11(12)16(2)14/h3-6,11H,7-8H2,1-2H3/b13-12+. The average molecular weight is 237 g/mol. The predicted octanol–water partition coefficient (Wildman–Crippen LogP) is 1.73. The summed E-state index contributed by atoms with van der Waals surface area (Å²) in [6.07, 6.45) is 3.56. The minimum absolute atomic E-state index is 0.00477. The van der Waals surface area contributed by atoms with E-state index in [-0.39, 0.29) is 5.25 Å². The summed E-state index contributed by atoms with van der Waals surface area (Å²) in [6.45, 7) is 0. The van der Waals surface area contributed by atoms with Crippen molar-refractivity contribution in [3.8, 4) is 0 Å². The van der Waals surface area contributed by atoms with E-state index < -0.39 is 10.8 Å². The molecule has 1 aromatic carbocycles. The van der Waals surface area contributed by atoms with Crippen molar-refractivity contribution in [3.05, 3.63) is 35.4 Å². The first-order valence-electron chi connectivity index (χ1n) is 5.25. The fraction of sp³-hybridized carbons (Fsp3) is 0.417. The second kappa shape index (κ2) is 4.78. The van der Waals surface area contributed by atoms with Crippen LogP contribution in [0.15, 0.2) is 29.4 Å². The second-order valence-electron chi connectivity index (χ2n) is 3.84. The van der Waals surface area contributed by atoms with Crippen LogP contribution in [0.3, 0.4) is 0 Å². The number of hydrogen-bond donors (Lipinski definition) is 0. The van der Waals surface area contributed by atoms with Crippen molar-refractivity contribution in [2.75, 3.05) is 13.4 Å². The highest BCUT2D eigenvalue weighted by Crippen LogP contribution is 2.24. The van der Waals surface area contributed by atoms with E-state index in [2.05, 4.69) is 11.2 Å². The summed E-state index contributed by atoms with van der Waals surface area (Å²) >= 11 is 0. The van der Waals surface area contributed by atoms with E-state index in [1.165, 1.54) is 12.7 Å². The van der Waals surface area contributed by atoms with E-state index in [4.69, 9.17) is 4.84 Å². The number of hydrogen-bond acceptors (Lipinski definition) is 3. The molecule has 1 aromatic rings. The van der Waals surface area contributed by atoms with Gasteiger partial charge in [-0.25, -0.2) is 0 Å². The van der Waals surface area contributed by atoms with Crippen molar-refractivity contribution in [1.29, 1.82) is 0 Å². The summed E-state index contributed by atoms with van der Waals surface area (Å²) < 4.78 is 11.7. The molecule has 1 aliphatic rings. The van der Waals surface area contributed by atoms with Crippen LogP contribution in [-0.2, 0) is 22.1 Å². The largest absolute Gasteiger partial charge is 0.399 e. The summed E-state index contributed by atoms with van der Waals surface area (Å²) in [7, 11) is 0.626. The Hall–Kier alpha value is -1.16. The average Bonchev–Trinajstić information content (AvgIpc) is 2.29. The van der Waals surface area contributed by atoms with Crippen LogP contribution in [0.25, 0.3) is 0 Å². The lowest BCUT2D eigenvalue weighted by molar-refractivity contribution is 0.212. The molecule has 3 nitrogen and oxygen atoms in total. The van der Waals surface area contributed by atoms with Gasteiger partial charge in [0.1, 0.15) is 12.8 Å². The zero-order chi connectivity index (χ0) is 11.5. The minimum atomic E-state index is -0.902. The monoisotopic (exact) mass is 237 g/mol. The van der Waals surface area contributed by atoms with Crippen molar-refractivity contribution in [1.82, 2.24) is 0 Å². The lowest BCUT2D eigenvalue weighted by Crippen LogP contribution is -2.32. The van der Waals surface area contributed by atoms with Gasteiger partial charge in [-0.1, -0.05) is 29.4 Å². The smallest absolute Gasteiger partial charge is 0.106 e. The molecule has 0 saturated carbocycles. The van der Waals surface area contributed by atoms with Crippen LogP contribution >= 0.6 is 0 Å². The van der Waals surface area contributed by atoms with Crippen LogP contribution in [0.4, 0.5) is 0 Å². The highest BCUT2D eigenvalue weighted by molar-refractivity contribution is 7.85. The molecule has 16 heavy (non-hydrogen) atoms. The zero-order valence-electron chi connectivity index (χ0n) is 9.47. The Bertz CT molecular complexity index is 442. The van der Waals surface area contributed by atoms with Gasteiger partial charge < -0.3 is 4.84 Å². The third kappa shape index (κ3) is 2.02. The summed E-state index contributed by atoms with van der Waals surface area (Å²) in [5, 5.41) is 4.05. The number of benzene rings is 1. The van der Waals surface area contributed by atoms with Gasteiger partial charge in [-0.2, -0.15) is 0 Å². The van der Waals surface area contributed by atoms with Crippen molar-refractivity contribution >= 4 is 16.5 Å². The van der Waals surface area contributed by atoms with Crippen LogP contribution in [0.2, 0.25) is 0 Å². The molecule has 0 amide bonds. The van der Waals surface area contributed by atoms with E-state index in [1.54, 1.807) is 6.26 Å². The lowest BCUT2D eigenvalue weighted by atomic mass is 9.90. The highest BCUT2D eigenvalue weighted by Gasteiger charge is 2.28. The van der Waals surface area contributed by atoms with Crippen LogP contribution in [0.1, 0.15) is 17.5 Å². The molecule has 86 valence electrons. The molecule has 0 spiro atoms. The third-order valence-corrected chi connectivity index (χ3v) is 4.12. The summed E-state index contributed by atoms with van der Waals surface area (Å²) in [4.78, 5) is 4.87. The molecule has 0 radical (unpaired) electrons. The van der Waals surface area contributed by atoms with Gasteiger partial charge >= 0.3 is 0 Å². The Morgan fingerprint density at radius 1 is 1.44 bits per heavy atom. The summed E-state index contributed by atoms with van der Waals surface area (Å²) in [6, 6.07) is 8.11. The second-order valence-corrected chi connectivity index (χ2v) is 5.41. The van der Waals surface area contributed by atoms with Gasteiger partial charge in [0.25, 0.3) is 0 Å². The van der Waals surface area contributed by atoms with Gasteiger partial charge in [0, 0.05) is 22.6 Å². The minimum Gasteiger partial charge on any atom is -0.399 e. The molecule has 4 heteroatoms. The predicted molar refractivity (Wildman–Crippen MR) is 66.2 cm³/mol. The van der Waals surface area contributed by atoms with Gasteiger partial charge in [0.15, 0.2) is 0 Å². The molecule has 0 heterocycles. The highest BCUT2D eigenvalue weighted by atomic mass is 32.2. The molecular weight excluding hydrogens is 222 g/mol. The van der Waals surface area contributed by atoms with Crippen molar-refractivity contribution in [3.63, 3.8) is 0 Å². The molecule has 0 fully saturated rings. The number of rotatable bonds is 2. The van der Waals surface area contributed by atoms with Crippen LogP contribution in [0, 0.1) is 0 Å². The first kappa shape index (κ1) is 11.3. The van der Waals surface area contributed by atoms with Gasteiger partial charge in [-0.15, -0.1) is 0 Å². The van der Waals surface area contributed by atoms with Gasteiger partial charge in [0.2, 0.25) is 0 Å². The van der Waals surface area contributed by atoms with Crippen molar-refractivity contribution < 1.29 is 9.05 Å². The van der Waals surface area contributed by atoms with E-state index in [0.717, 1.165) is 24.1 Å². The molecule has 0 N–H and O–H groups in total. The fourth-order valence-corrected chi connectivity index (χ4v) is 3.05. The number of oxime groups is 1. The molecular formula is C12H15NO2S. The Balaban J connectivity index is 2.48. The molecule has 2 rings (SSSR count). The molecule has 0 saturated heterocycles. The third-order valence-electron chi connectivity index (χ3n) is 2.86. The first-order valence-corrected chi connectivity index (χ1v) is 6.87. The van der Waals surface area contributed by atoms with Crippen LogP contribution in [-0.4, -0.2) is 28.5 Å². The van der Waals surface area contributed by atoms with Crippen molar-refractivity contribution in [2.24, 2.45) is 5.16 Å². The maximum absolute atomic E-state index is 11.7. The zero-order valence-corrected chi connectivity index (χ0v) is 10.3. The number of nitrogens with zero attached hydrogens (tertiary/aromatic N) is 1.